The Balaban J connectivity index is 2.20. The van der Waals surface area contributed by atoms with E-state index in [1.54, 1.807) is 24.3 Å². The van der Waals surface area contributed by atoms with E-state index in [9.17, 15) is 13.2 Å². The third kappa shape index (κ3) is 5.18. The molecule has 0 amide bonds. The van der Waals surface area contributed by atoms with Crippen molar-refractivity contribution in [3.05, 3.63) is 65.7 Å². The number of hydrogen-bond donors (Lipinski definition) is 1. The quantitative estimate of drug-likeness (QED) is 0.781. The number of benzene rings is 2. The number of nitrogens with one attached hydrogen (secondary N) is 1. The summed E-state index contributed by atoms with van der Waals surface area (Å²) in [6.07, 6.45) is 0.373. The van der Waals surface area contributed by atoms with Crippen LogP contribution in [0.15, 0.2) is 59.5 Å². The molecule has 0 radical (unpaired) electrons. The Bertz CT molecular complexity index is 770. The number of ether oxygens (including phenoxy) is 1. The normalized spacial score (nSPS) is 12.6. The molecule has 0 fully saturated rings. The molecule has 0 bridgehead atoms. The largest absolute Gasteiger partial charge is 0.469 e. The molecule has 2 aromatic rings. The van der Waals surface area contributed by atoms with Crippen LogP contribution in [0.4, 0.5) is 0 Å². The molecule has 0 aliphatic rings. The van der Waals surface area contributed by atoms with Gasteiger partial charge in [-0.05, 0) is 31.0 Å². The molecule has 1 N–H and O–H groups in total. The Morgan fingerprint density at radius 1 is 1.08 bits per heavy atom. The van der Waals surface area contributed by atoms with Gasteiger partial charge in [-0.1, -0.05) is 48.0 Å². The maximum Gasteiger partial charge on any atom is 0.307 e. The van der Waals surface area contributed by atoms with Crippen LogP contribution < -0.4 is 4.72 Å². The van der Waals surface area contributed by atoms with E-state index >= 15 is 0 Å². The molecule has 0 unspecified atom stereocenters. The van der Waals surface area contributed by atoms with Crippen LogP contribution in [0.2, 0.25) is 0 Å². The lowest BCUT2D eigenvalue weighted by Crippen LogP contribution is -2.38. The van der Waals surface area contributed by atoms with Gasteiger partial charge in [0.2, 0.25) is 10.0 Å². The first kappa shape index (κ1) is 18.2. The highest BCUT2D eigenvalue weighted by molar-refractivity contribution is 7.89. The van der Waals surface area contributed by atoms with Gasteiger partial charge < -0.3 is 4.74 Å². The molecule has 128 valence electrons. The van der Waals surface area contributed by atoms with Gasteiger partial charge in [0.25, 0.3) is 0 Å². The number of esters is 1. The number of aryl methyl sites for hydroxylation is 1. The number of rotatable bonds is 7. The first-order valence-electron chi connectivity index (χ1n) is 7.60. The van der Waals surface area contributed by atoms with Crippen molar-refractivity contribution >= 4 is 16.0 Å². The molecular formula is C18H21NO4S. The van der Waals surface area contributed by atoms with Crippen LogP contribution in [0, 0.1) is 6.92 Å². The van der Waals surface area contributed by atoms with Gasteiger partial charge in [-0.15, -0.1) is 0 Å². The summed E-state index contributed by atoms with van der Waals surface area (Å²) in [6, 6.07) is 15.4. The topological polar surface area (TPSA) is 72.5 Å². The summed E-state index contributed by atoms with van der Waals surface area (Å²) < 4.78 is 32.4. The summed E-state index contributed by atoms with van der Waals surface area (Å²) in [5, 5.41) is 0. The van der Waals surface area contributed by atoms with Crippen LogP contribution in [-0.2, 0) is 26.0 Å². The lowest BCUT2D eigenvalue weighted by Gasteiger charge is -2.18. The average Bonchev–Trinajstić information content (AvgIpc) is 2.55. The summed E-state index contributed by atoms with van der Waals surface area (Å²) in [5.41, 5.74) is 1.92. The van der Waals surface area contributed by atoms with Crippen molar-refractivity contribution in [3.63, 3.8) is 0 Å². The molecule has 0 aliphatic heterocycles. The summed E-state index contributed by atoms with van der Waals surface area (Å²) in [5.74, 6) is -0.456. The van der Waals surface area contributed by atoms with Gasteiger partial charge in [-0.2, -0.15) is 0 Å². The van der Waals surface area contributed by atoms with Crippen LogP contribution in [0.1, 0.15) is 17.5 Å². The van der Waals surface area contributed by atoms with Crippen molar-refractivity contribution in [2.45, 2.75) is 30.7 Å². The number of sulfonamides is 1. The van der Waals surface area contributed by atoms with E-state index in [0.29, 0.717) is 6.42 Å². The maximum atomic E-state index is 12.6. The molecule has 0 saturated heterocycles. The SMILES string of the molecule is COC(=O)C[C@@H](Cc1ccccc1)NS(=O)(=O)c1ccc(C)cc1. The van der Waals surface area contributed by atoms with E-state index < -0.39 is 22.0 Å². The van der Waals surface area contributed by atoms with Gasteiger partial charge in [-0.25, -0.2) is 13.1 Å². The van der Waals surface area contributed by atoms with Gasteiger partial charge in [0.15, 0.2) is 0 Å². The molecular weight excluding hydrogens is 326 g/mol. The predicted octanol–water partition coefficient (Wildman–Crippen LogP) is 2.45. The van der Waals surface area contributed by atoms with Crippen LogP contribution >= 0.6 is 0 Å². The van der Waals surface area contributed by atoms with Crippen molar-refractivity contribution in [1.82, 2.24) is 4.72 Å². The zero-order valence-corrected chi connectivity index (χ0v) is 14.5. The van der Waals surface area contributed by atoms with E-state index in [1.165, 1.54) is 7.11 Å². The Morgan fingerprint density at radius 2 is 1.71 bits per heavy atom. The van der Waals surface area contributed by atoms with Crippen molar-refractivity contribution in [2.75, 3.05) is 7.11 Å². The zero-order valence-electron chi connectivity index (χ0n) is 13.7. The Labute approximate surface area is 142 Å². The molecule has 0 spiro atoms. The van der Waals surface area contributed by atoms with Crippen molar-refractivity contribution in [1.29, 1.82) is 0 Å². The zero-order chi connectivity index (χ0) is 17.6. The molecule has 0 aliphatic carbocycles. The van der Waals surface area contributed by atoms with Crippen molar-refractivity contribution in [3.8, 4) is 0 Å². The molecule has 0 aromatic heterocycles. The van der Waals surface area contributed by atoms with Gasteiger partial charge >= 0.3 is 5.97 Å². The minimum atomic E-state index is -3.71. The highest BCUT2D eigenvalue weighted by Gasteiger charge is 2.23. The molecule has 24 heavy (non-hydrogen) atoms. The highest BCUT2D eigenvalue weighted by Crippen LogP contribution is 2.14. The lowest BCUT2D eigenvalue weighted by atomic mass is 10.0. The van der Waals surface area contributed by atoms with Crippen LogP contribution in [0.3, 0.4) is 0 Å². The molecule has 1 atom stereocenters. The van der Waals surface area contributed by atoms with Crippen molar-refractivity contribution in [2.24, 2.45) is 0 Å². The van der Waals surface area contributed by atoms with E-state index in [2.05, 4.69) is 9.46 Å². The number of carbonyl (C=O) groups excluding carboxylic acids is 1. The van der Waals surface area contributed by atoms with Crippen LogP contribution in [-0.4, -0.2) is 27.5 Å². The predicted molar refractivity (Wildman–Crippen MR) is 92.1 cm³/mol. The summed E-state index contributed by atoms with van der Waals surface area (Å²) in [6.45, 7) is 1.89. The lowest BCUT2D eigenvalue weighted by molar-refractivity contribution is -0.141. The minimum absolute atomic E-state index is 0.0313. The van der Waals surface area contributed by atoms with Gasteiger partial charge in [-0.3, -0.25) is 4.79 Å². The second-order valence-electron chi connectivity index (χ2n) is 5.60. The second kappa shape index (κ2) is 8.08. The molecule has 2 aromatic carbocycles. The third-order valence-electron chi connectivity index (χ3n) is 3.62. The minimum Gasteiger partial charge on any atom is -0.469 e. The van der Waals surface area contributed by atoms with Crippen molar-refractivity contribution < 1.29 is 17.9 Å². The monoisotopic (exact) mass is 347 g/mol. The van der Waals surface area contributed by atoms with E-state index in [-0.39, 0.29) is 11.3 Å². The van der Waals surface area contributed by atoms with E-state index in [4.69, 9.17) is 0 Å². The van der Waals surface area contributed by atoms with E-state index in [0.717, 1.165) is 11.1 Å². The molecule has 2 rings (SSSR count). The standard InChI is InChI=1S/C18H21NO4S/c1-14-8-10-17(11-9-14)24(21,22)19-16(13-18(20)23-2)12-15-6-4-3-5-7-15/h3-11,16,19H,12-13H2,1-2H3/t16-/m1/s1. The number of hydrogen-bond acceptors (Lipinski definition) is 4. The Kier molecular flexibility index (Phi) is 6.11. The molecule has 6 heteroatoms. The summed E-state index contributed by atoms with van der Waals surface area (Å²) in [7, 11) is -2.42. The Morgan fingerprint density at radius 3 is 2.29 bits per heavy atom. The van der Waals surface area contributed by atoms with Crippen LogP contribution in [0.5, 0.6) is 0 Å². The highest BCUT2D eigenvalue weighted by atomic mass is 32.2. The first-order chi connectivity index (χ1) is 11.4. The summed E-state index contributed by atoms with van der Waals surface area (Å²) in [4.78, 5) is 11.8. The average molecular weight is 347 g/mol. The molecule has 0 heterocycles. The smallest absolute Gasteiger partial charge is 0.307 e. The molecule has 0 saturated carbocycles. The van der Waals surface area contributed by atoms with Gasteiger partial charge in [0.1, 0.15) is 0 Å². The number of methoxy groups -OCH3 is 1. The maximum absolute atomic E-state index is 12.6. The first-order valence-corrected chi connectivity index (χ1v) is 9.09. The van der Waals surface area contributed by atoms with Crippen LogP contribution in [0.25, 0.3) is 0 Å². The fraction of sp³-hybridized carbons (Fsp3) is 0.278. The Hall–Kier alpha value is -2.18. The fourth-order valence-corrected chi connectivity index (χ4v) is 3.58. The molecule has 5 nitrogen and oxygen atoms in total. The third-order valence-corrected chi connectivity index (χ3v) is 5.16. The van der Waals surface area contributed by atoms with E-state index in [1.807, 2.05) is 37.3 Å². The van der Waals surface area contributed by atoms with Gasteiger partial charge in [0, 0.05) is 6.04 Å². The second-order valence-corrected chi connectivity index (χ2v) is 7.32. The number of carbonyl (C=O) groups is 1. The summed E-state index contributed by atoms with van der Waals surface area (Å²) >= 11 is 0. The fourth-order valence-electron chi connectivity index (χ4n) is 2.34. The van der Waals surface area contributed by atoms with Gasteiger partial charge in [0.05, 0.1) is 18.4 Å².